The van der Waals surface area contributed by atoms with Gasteiger partial charge in [0.15, 0.2) is 0 Å². The quantitative estimate of drug-likeness (QED) is 0.896. The molecule has 1 saturated heterocycles. The van der Waals surface area contributed by atoms with Crippen LogP contribution in [0.3, 0.4) is 0 Å². The maximum atomic E-state index is 13.4. The Bertz CT molecular complexity index is 655. The van der Waals surface area contributed by atoms with Gasteiger partial charge in [0.1, 0.15) is 5.82 Å². The predicted octanol–water partition coefficient (Wildman–Crippen LogP) is 2.60. The molecule has 3 rings (SSSR count). The minimum Gasteiger partial charge on any atom is -0.314 e. The highest BCUT2D eigenvalue weighted by Gasteiger charge is 2.32. The van der Waals surface area contributed by atoms with Crippen LogP contribution in [0.25, 0.3) is 0 Å². The third-order valence-electron chi connectivity index (χ3n) is 4.87. The van der Waals surface area contributed by atoms with E-state index in [-0.39, 0.29) is 10.7 Å². The van der Waals surface area contributed by atoms with Crippen molar-refractivity contribution in [2.45, 2.75) is 50.5 Å². The number of rotatable bonds is 5. The molecule has 1 aromatic carbocycles. The summed E-state index contributed by atoms with van der Waals surface area (Å²) < 4.78 is 40.8. The molecule has 1 saturated carbocycles. The molecule has 0 radical (unpaired) electrons. The standard InChI is InChI=1S/C17H25FN2O2S/c1-12-9-15(18)10-13(2)17(12)23(21,22)20-7-5-16(6-8-20)19-11-14-3-4-14/h9-10,14,16,19H,3-8,11H2,1-2H3. The van der Waals surface area contributed by atoms with Gasteiger partial charge in [0.25, 0.3) is 0 Å². The van der Waals surface area contributed by atoms with Crippen molar-refractivity contribution in [1.29, 1.82) is 0 Å². The Kier molecular flexibility index (Phi) is 4.76. The molecule has 0 spiro atoms. The van der Waals surface area contributed by atoms with Crippen LogP contribution >= 0.6 is 0 Å². The third kappa shape index (κ3) is 3.75. The van der Waals surface area contributed by atoms with Crippen molar-refractivity contribution in [2.75, 3.05) is 19.6 Å². The highest BCUT2D eigenvalue weighted by molar-refractivity contribution is 7.89. The fraction of sp³-hybridized carbons (Fsp3) is 0.647. The van der Waals surface area contributed by atoms with Crippen LogP contribution in [0.5, 0.6) is 0 Å². The Labute approximate surface area is 138 Å². The van der Waals surface area contributed by atoms with Gasteiger partial charge in [-0.25, -0.2) is 12.8 Å². The Balaban J connectivity index is 1.69. The molecule has 2 fully saturated rings. The normalized spacial score (nSPS) is 20.8. The number of sulfonamides is 1. The second kappa shape index (κ2) is 6.49. The van der Waals surface area contributed by atoms with E-state index in [9.17, 15) is 12.8 Å². The molecule has 1 aliphatic heterocycles. The zero-order chi connectivity index (χ0) is 16.6. The largest absolute Gasteiger partial charge is 0.314 e. The van der Waals surface area contributed by atoms with Gasteiger partial charge in [0, 0.05) is 19.1 Å². The summed E-state index contributed by atoms with van der Waals surface area (Å²) in [5.41, 5.74) is 0.966. The number of hydrogen-bond acceptors (Lipinski definition) is 3. The van der Waals surface area contributed by atoms with Crippen molar-refractivity contribution in [3.05, 3.63) is 29.1 Å². The maximum absolute atomic E-state index is 13.4. The lowest BCUT2D eigenvalue weighted by Crippen LogP contribution is -2.45. The number of piperidine rings is 1. The van der Waals surface area contributed by atoms with Gasteiger partial charge < -0.3 is 5.32 Å². The van der Waals surface area contributed by atoms with E-state index in [1.807, 2.05) is 0 Å². The van der Waals surface area contributed by atoms with E-state index in [0.29, 0.717) is 30.3 Å². The molecule has 0 bridgehead atoms. The number of aryl methyl sites for hydroxylation is 2. The fourth-order valence-electron chi connectivity index (χ4n) is 3.39. The van der Waals surface area contributed by atoms with Crippen molar-refractivity contribution in [2.24, 2.45) is 5.92 Å². The predicted molar refractivity (Wildman–Crippen MR) is 88.4 cm³/mol. The summed E-state index contributed by atoms with van der Waals surface area (Å²) in [6.45, 7) is 5.44. The lowest BCUT2D eigenvalue weighted by molar-refractivity contribution is 0.288. The fourth-order valence-corrected chi connectivity index (χ4v) is 5.27. The number of hydrogen-bond donors (Lipinski definition) is 1. The van der Waals surface area contributed by atoms with Crippen molar-refractivity contribution in [3.8, 4) is 0 Å². The van der Waals surface area contributed by atoms with E-state index in [4.69, 9.17) is 0 Å². The van der Waals surface area contributed by atoms with Gasteiger partial charge in [0.2, 0.25) is 10.0 Å². The summed E-state index contributed by atoms with van der Waals surface area (Å²) in [5, 5.41) is 3.55. The van der Waals surface area contributed by atoms with Gasteiger partial charge in [-0.15, -0.1) is 0 Å². The van der Waals surface area contributed by atoms with Crippen LogP contribution in [0.2, 0.25) is 0 Å². The zero-order valence-corrected chi connectivity index (χ0v) is 14.6. The molecule has 6 heteroatoms. The summed E-state index contributed by atoms with van der Waals surface area (Å²) >= 11 is 0. The van der Waals surface area contributed by atoms with Gasteiger partial charge in [-0.1, -0.05) is 0 Å². The number of nitrogens with one attached hydrogen (secondary N) is 1. The summed E-state index contributed by atoms with van der Waals surface area (Å²) in [5.74, 6) is 0.447. The van der Waals surface area contributed by atoms with Crippen LogP contribution in [0, 0.1) is 25.6 Å². The van der Waals surface area contributed by atoms with Gasteiger partial charge in [-0.3, -0.25) is 0 Å². The smallest absolute Gasteiger partial charge is 0.243 e. The molecule has 1 aliphatic carbocycles. The average molecular weight is 340 g/mol. The van der Waals surface area contributed by atoms with E-state index in [1.165, 1.54) is 25.0 Å². The second-order valence-electron chi connectivity index (χ2n) is 6.90. The minimum absolute atomic E-state index is 0.267. The molecule has 0 amide bonds. The second-order valence-corrected chi connectivity index (χ2v) is 8.77. The van der Waals surface area contributed by atoms with Crippen molar-refractivity contribution in [1.82, 2.24) is 9.62 Å². The van der Waals surface area contributed by atoms with Crippen molar-refractivity contribution >= 4 is 10.0 Å². The van der Waals surface area contributed by atoms with Crippen LogP contribution < -0.4 is 5.32 Å². The molecule has 0 aromatic heterocycles. The Morgan fingerprint density at radius 1 is 1.13 bits per heavy atom. The molecular weight excluding hydrogens is 315 g/mol. The maximum Gasteiger partial charge on any atom is 0.243 e. The van der Waals surface area contributed by atoms with Gasteiger partial charge in [0.05, 0.1) is 4.90 Å². The molecule has 0 atom stereocenters. The zero-order valence-electron chi connectivity index (χ0n) is 13.8. The van der Waals surface area contributed by atoms with Crippen molar-refractivity contribution in [3.63, 3.8) is 0 Å². The first-order valence-corrected chi connectivity index (χ1v) is 9.82. The van der Waals surface area contributed by atoms with Gasteiger partial charge >= 0.3 is 0 Å². The van der Waals surface area contributed by atoms with Crippen LogP contribution in [0.4, 0.5) is 4.39 Å². The molecule has 23 heavy (non-hydrogen) atoms. The average Bonchev–Trinajstić information content (AvgIpc) is 3.28. The topological polar surface area (TPSA) is 49.4 Å². The molecule has 2 aliphatic rings. The molecule has 1 heterocycles. The molecule has 0 unspecified atom stereocenters. The Morgan fingerprint density at radius 2 is 1.70 bits per heavy atom. The lowest BCUT2D eigenvalue weighted by Gasteiger charge is -2.32. The molecule has 1 aromatic rings. The SMILES string of the molecule is Cc1cc(F)cc(C)c1S(=O)(=O)N1CCC(NCC2CC2)CC1. The van der Waals surface area contributed by atoms with E-state index in [1.54, 1.807) is 18.2 Å². The summed E-state index contributed by atoms with van der Waals surface area (Å²) in [6.07, 6.45) is 4.32. The number of halogens is 1. The van der Waals surface area contributed by atoms with E-state index < -0.39 is 10.0 Å². The molecule has 128 valence electrons. The molecule has 1 N–H and O–H groups in total. The van der Waals surface area contributed by atoms with E-state index >= 15 is 0 Å². The third-order valence-corrected chi connectivity index (χ3v) is 7.07. The Morgan fingerprint density at radius 3 is 2.22 bits per heavy atom. The van der Waals surface area contributed by atoms with Crippen molar-refractivity contribution < 1.29 is 12.8 Å². The first kappa shape index (κ1) is 16.9. The molecular formula is C17H25FN2O2S. The summed E-state index contributed by atoms with van der Waals surface area (Å²) in [7, 11) is -3.54. The summed E-state index contributed by atoms with van der Waals surface area (Å²) in [6, 6.07) is 3.01. The van der Waals surface area contributed by atoms with Gasteiger partial charge in [-0.2, -0.15) is 4.31 Å². The van der Waals surface area contributed by atoms with Crippen LogP contribution in [-0.2, 0) is 10.0 Å². The molecule has 4 nitrogen and oxygen atoms in total. The first-order valence-electron chi connectivity index (χ1n) is 8.38. The highest BCUT2D eigenvalue weighted by Crippen LogP contribution is 2.29. The van der Waals surface area contributed by atoms with Gasteiger partial charge in [-0.05, 0) is 75.3 Å². The number of benzene rings is 1. The monoisotopic (exact) mass is 340 g/mol. The van der Waals surface area contributed by atoms with Crippen LogP contribution in [0.15, 0.2) is 17.0 Å². The Hall–Kier alpha value is -0.980. The number of nitrogens with zero attached hydrogens (tertiary/aromatic N) is 1. The van der Waals surface area contributed by atoms with Crippen LogP contribution in [-0.4, -0.2) is 38.4 Å². The highest BCUT2D eigenvalue weighted by atomic mass is 32.2. The van der Waals surface area contributed by atoms with Crippen LogP contribution in [0.1, 0.15) is 36.8 Å². The minimum atomic E-state index is -3.54. The first-order chi connectivity index (χ1) is 10.9. The van der Waals surface area contributed by atoms with E-state index in [2.05, 4.69) is 5.32 Å². The van der Waals surface area contributed by atoms with E-state index in [0.717, 1.165) is 25.3 Å². The summed E-state index contributed by atoms with van der Waals surface area (Å²) in [4.78, 5) is 0.267. The lowest BCUT2D eigenvalue weighted by atomic mass is 10.1.